The first-order chi connectivity index (χ1) is 10.3. The lowest BCUT2D eigenvalue weighted by Crippen LogP contribution is -2.56. The van der Waals surface area contributed by atoms with Crippen LogP contribution in [0.2, 0.25) is 0 Å². The Labute approximate surface area is 123 Å². The highest BCUT2D eigenvalue weighted by Gasteiger charge is 2.31. The molecule has 0 amide bonds. The number of esters is 1. The van der Waals surface area contributed by atoms with E-state index in [1.165, 1.54) is 0 Å². The number of piperazine rings is 1. The molecule has 110 valence electrons. The van der Waals surface area contributed by atoms with Crippen molar-refractivity contribution in [3.63, 3.8) is 0 Å². The van der Waals surface area contributed by atoms with E-state index < -0.39 is 0 Å². The molecule has 0 aliphatic carbocycles. The molecule has 1 atom stereocenters. The molecule has 2 heterocycles. The molecule has 21 heavy (non-hydrogen) atoms. The van der Waals surface area contributed by atoms with Gasteiger partial charge in [-0.1, -0.05) is 24.3 Å². The fourth-order valence-corrected chi connectivity index (χ4v) is 2.74. The summed E-state index contributed by atoms with van der Waals surface area (Å²) in [5.74, 6) is 0.659. The molecule has 2 aromatic rings. The fourth-order valence-electron chi connectivity index (χ4n) is 2.74. The van der Waals surface area contributed by atoms with E-state index in [0.29, 0.717) is 13.2 Å². The summed E-state index contributed by atoms with van der Waals surface area (Å²) in [6.45, 7) is 4.38. The van der Waals surface area contributed by atoms with E-state index in [0.717, 1.165) is 29.7 Å². The zero-order valence-corrected chi connectivity index (χ0v) is 12.1. The van der Waals surface area contributed by atoms with Crippen LogP contribution < -0.4 is 10.2 Å². The van der Waals surface area contributed by atoms with Crippen molar-refractivity contribution in [2.24, 2.45) is 0 Å². The molecular formula is C16H19N3O2. The first-order valence-electron chi connectivity index (χ1n) is 7.29. The van der Waals surface area contributed by atoms with Gasteiger partial charge in [0.25, 0.3) is 0 Å². The van der Waals surface area contributed by atoms with Gasteiger partial charge in [0.15, 0.2) is 0 Å². The Morgan fingerprint density at radius 1 is 1.43 bits per heavy atom. The Morgan fingerprint density at radius 3 is 3.14 bits per heavy atom. The quantitative estimate of drug-likeness (QED) is 0.868. The normalized spacial score (nSPS) is 18.7. The molecular weight excluding hydrogens is 266 g/mol. The van der Waals surface area contributed by atoms with Crippen LogP contribution in [0.25, 0.3) is 10.8 Å². The molecule has 1 aliphatic rings. The Hall–Kier alpha value is -2.14. The first kappa shape index (κ1) is 13.8. The number of rotatable bonds is 3. The van der Waals surface area contributed by atoms with Crippen LogP contribution in [0.5, 0.6) is 0 Å². The van der Waals surface area contributed by atoms with Gasteiger partial charge >= 0.3 is 5.97 Å². The van der Waals surface area contributed by atoms with Crippen LogP contribution in [0.15, 0.2) is 36.5 Å². The molecule has 1 saturated heterocycles. The molecule has 0 radical (unpaired) electrons. The van der Waals surface area contributed by atoms with Crippen molar-refractivity contribution >= 4 is 22.6 Å². The minimum Gasteiger partial charge on any atom is -0.464 e. The molecule has 1 fully saturated rings. The van der Waals surface area contributed by atoms with Crippen molar-refractivity contribution in [3.05, 3.63) is 36.5 Å². The van der Waals surface area contributed by atoms with Gasteiger partial charge in [-0.15, -0.1) is 0 Å². The molecule has 1 aromatic heterocycles. The first-order valence-corrected chi connectivity index (χ1v) is 7.29. The van der Waals surface area contributed by atoms with Crippen molar-refractivity contribution in [1.29, 1.82) is 0 Å². The number of hydrogen-bond acceptors (Lipinski definition) is 5. The third-order valence-corrected chi connectivity index (χ3v) is 3.73. The second-order valence-electron chi connectivity index (χ2n) is 5.02. The van der Waals surface area contributed by atoms with Crippen molar-refractivity contribution in [3.8, 4) is 0 Å². The summed E-state index contributed by atoms with van der Waals surface area (Å²) in [7, 11) is 0. The van der Waals surface area contributed by atoms with Gasteiger partial charge in [-0.05, 0) is 18.4 Å². The zero-order valence-electron chi connectivity index (χ0n) is 12.1. The molecule has 1 aromatic carbocycles. The Bertz CT molecular complexity index is 639. The summed E-state index contributed by atoms with van der Waals surface area (Å²) < 4.78 is 5.20. The number of hydrogen-bond donors (Lipinski definition) is 1. The highest BCUT2D eigenvalue weighted by Crippen LogP contribution is 2.26. The summed E-state index contributed by atoms with van der Waals surface area (Å²) in [6.07, 6.45) is 1.79. The molecule has 5 nitrogen and oxygen atoms in total. The second-order valence-corrected chi connectivity index (χ2v) is 5.02. The van der Waals surface area contributed by atoms with E-state index in [9.17, 15) is 4.79 Å². The number of nitrogens with one attached hydrogen (secondary N) is 1. The van der Waals surface area contributed by atoms with Gasteiger partial charge in [-0.2, -0.15) is 0 Å². The van der Waals surface area contributed by atoms with Crippen molar-refractivity contribution in [2.75, 3.05) is 31.1 Å². The Balaban J connectivity index is 2.00. The average molecular weight is 285 g/mol. The van der Waals surface area contributed by atoms with E-state index in [1.54, 1.807) is 6.20 Å². The highest BCUT2D eigenvalue weighted by atomic mass is 16.5. The van der Waals surface area contributed by atoms with Crippen LogP contribution in [0.4, 0.5) is 5.82 Å². The average Bonchev–Trinajstić information content (AvgIpc) is 2.54. The summed E-state index contributed by atoms with van der Waals surface area (Å²) >= 11 is 0. The summed E-state index contributed by atoms with van der Waals surface area (Å²) in [4.78, 5) is 18.8. The van der Waals surface area contributed by atoms with Crippen molar-refractivity contribution in [1.82, 2.24) is 10.3 Å². The maximum Gasteiger partial charge on any atom is 0.330 e. The zero-order chi connectivity index (χ0) is 14.7. The monoisotopic (exact) mass is 285 g/mol. The Kier molecular flexibility index (Phi) is 4.01. The van der Waals surface area contributed by atoms with Crippen molar-refractivity contribution in [2.45, 2.75) is 13.0 Å². The topological polar surface area (TPSA) is 54.5 Å². The maximum atomic E-state index is 12.2. The van der Waals surface area contributed by atoms with Gasteiger partial charge < -0.3 is 15.0 Å². The fraction of sp³-hybridized carbons (Fsp3) is 0.375. The molecule has 0 bridgehead atoms. The number of carbonyl (C=O) groups excluding carboxylic acids is 1. The largest absolute Gasteiger partial charge is 0.464 e. The van der Waals surface area contributed by atoms with E-state index in [1.807, 2.05) is 31.2 Å². The molecule has 1 aliphatic heterocycles. The van der Waals surface area contributed by atoms with Crippen molar-refractivity contribution < 1.29 is 9.53 Å². The number of nitrogens with zero attached hydrogens (tertiary/aromatic N) is 2. The second kappa shape index (κ2) is 6.10. The van der Waals surface area contributed by atoms with Crippen LogP contribution in [-0.4, -0.2) is 43.2 Å². The SMILES string of the molecule is CCOC(=O)C1CNCCN1c1nccc2ccccc12. The minimum atomic E-state index is -0.322. The molecule has 3 rings (SSSR count). The van der Waals surface area contributed by atoms with Gasteiger partial charge in [0.2, 0.25) is 0 Å². The highest BCUT2D eigenvalue weighted by molar-refractivity contribution is 5.94. The van der Waals surface area contributed by atoms with E-state index in [4.69, 9.17) is 4.74 Å². The van der Waals surface area contributed by atoms with Gasteiger partial charge in [0.1, 0.15) is 11.9 Å². The molecule has 5 heteroatoms. The molecule has 0 saturated carbocycles. The standard InChI is InChI=1S/C16H19N3O2/c1-2-21-16(20)14-11-17-9-10-19(14)15-13-6-4-3-5-12(13)7-8-18-15/h3-8,14,17H,2,9-11H2,1H3. The van der Waals surface area contributed by atoms with Gasteiger partial charge in [0, 0.05) is 31.2 Å². The summed E-state index contributed by atoms with van der Waals surface area (Å²) in [5, 5.41) is 5.45. The van der Waals surface area contributed by atoms with E-state index >= 15 is 0 Å². The lowest BCUT2D eigenvalue weighted by Gasteiger charge is -2.35. The van der Waals surface area contributed by atoms with Crippen LogP contribution in [-0.2, 0) is 9.53 Å². The van der Waals surface area contributed by atoms with Gasteiger partial charge in [0.05, 0.1) is 6.61 Å². The summed E-state index contributed by atoms with van der Waals surface area (Å²) in [5.41, 5.74) is 0. The maximum absolute atomic E-state index is 12.2. The van der Waals surface area contributed by atoms with Gasteiger partial charge in [-0.25, -0.2) is 9.78 Å². The number of fused-ring (bicyclic) bond motifs is 1. The van der Waals surface area contributed by atoms with Crippen LogP contribution in [0.1, 0.15) is 6.92 Å². The smallest absolute Gasteiger partial charge is 0.330 e. The summed E-state index contributed by atoms with van der Waals surface area (Å²) in [6, 6.07) is 9.77. The van der Waals surface area contributed by atoms with Crippen LogP contribution >= 0.6 is 0 Å². The van der Waals surface area contributed by atoms with E-state index in [2.05, 4.69) is 21.3 Å². The van der Waals surface area contributed by atoms with E-state index in [-0.39, 0.29) is 12.0 Å². The van der Waals surface area contributed by atoms with Crippen LogP contribution in [0.3, 0.4) is 0 Å². The number of ether oxygens (including phenoxy) is 1. The third kappa shape index (κ3) is 2.69. The number of benzene rings is 1. The Morgan fingerprint density at radius 2 is 2.29 bits per heavy atom. The number of carbonyl (C=O) groups is 1. The van der Waals surface area contributed by atoms with Gasteiger partial charge in [-0.3, -0.25) is 0 Å². The lowest BCUT2D eigenvalue weighted by atomic mass is 10.1. The number of pyridine rings is 1. The third-order valence-electron chi connectivity index (χ3n) is 3.73. The molecule has 0 spiro atoms. The lowest BCUT2D eigenvalue weighted by molar-refractivity contribution is -0.144. The number of anilines is 1. The molecule has 1 N–H and O–H groups in total. The minimum absolute atomic E-state index is 0.195. The predicted molar refractivity (Wildman–Crippen MR) is 82.4 cm³/mol. The predicted octanol–water partition coefficient (Wildman–Crippen LogP) is 1.58. The number of aromatic nitrogens is 1. The van der Waals surface area contributed by atoms with Crippen LogP contribution in [0, 0.1) is 0 Å². The molecule has 1 unspecified atom stereocenters.